The first-order valence-electron chi connectivity index (χ1n) is 9.08. The highest BCUT2D eigenvalue weighted by molar-refractivity contribution is 5.92. The maximum absolute atomic E-state index is 12.7. The van der Waals surface area contributed by atoms with Crippen molar-refractivity contribution >= 4 is 16.9 Å². The standard InChI is InChI=1S/C19H23N5O3/c1-12(2)27-18-10-23(9-17(18)25)19(26)15-7-13(21-22-15)8-24-11-20-14-5-3-4-6-16(14)24/h3-7,11-12,17-18,25H,8-10H2,1-2H3,(H,21,22)/t17-,18-/m0/s1. The molecule has 1 aromatic carbocycles. The number of nitrogens with one attached hydrogen (secondary N) is 1. The number of rotatable bonds is 5. The summed E-state index contributed by atoms with van der Waals surface area (Å²) >= 11 is 0. The third kappa shape index (κ3) is 3.58. The minimum Gasteiger partial charge on any atom is -0.388 e. The van der Waals surface area contributed by atoms with Crippen molar-refractivity contribution in [2.24, 2.45) is 0 Å². The second-order valence-corrected chi connectivity index (χ2v) is 7.14. The maximum Gasteiger partial charge on any atom is 0.274 e. The summed E-state index contributed by atoms with van der Waals surface area (Å²) in [6.45, 7) is 4.99. The van der Waals surface area contributed by atoms with Crippen LogP contribution in [0.4, 0.5) is 0 Å². The van der Waals surface area contributed by atoms with Crippen LogP contribution in [0.3, 0.4) is 0 Å². The molecule has 1 saturated heterocycles. The van der Waals surface area contributed by atoms with Gasteiger partial charge in [-0.1, -0.05) is 12.1 Å². The van der Waals surface area contributed by atoms with Crippen molar-refractivity contribution in [3.63, 3.8) is 0 Å². The summed E-state index contributed by atoms with van der Waals surface area (Å²) in [7, 11) is 0. The summed E-state index contributed by atoms with van der Waals surface area (Å²) in [6, 6.07) is 9.64. The fourth-order valence-electron chi connectivity index (χ4n) is 3.44. The first-order valence-corrected chi connectivity index (χ1v) is 9.08. The van der Waals surface area contributed by atoms with Crippen LogP contribution in [0.25, 0.3) is 11.0 Å². The number of likely N-dealkylation sites (tertiary alicyclic amines) is 1. The molecule has 3 heterocycles. The Morgan fingerprint density at radius 1 is 1.37 bits per heavy atom. The Kier molecular flexibility index (Phi) is 4.67. The zero-order valence-electron chi connectivity index (χ0n) is 15.4. The van der Waals surface area contributed by atoms with Gasteiger partial charge in [0.15, 0.2) is 0 Å². The first-order chi connectivity index (χ1) is 13.0. The number of nitrogens with zero attached hydrogens (tertiary/aromatic N) is 4. The lowest BCUT2D eigenvalue weighted by atomic mass is 10.2. The smallest absolute Gasteiger partial charge is 0.274 e. The normalized spacial score (nSPS) is 20.1. The van der Waals surface area contributed by atoms with E-state index in [0.29, 0.717) is 18.8 Å². The summed E-state index contributed by atoms with van der Waals surface area (Å²) in [6.07, 6.45) is 0.746. The molecule has 1 fully saturated rings. The molecule has 0 spiro atoms. The molecule has 0 unspecified atom stereocenters. The quantitative estimate of drug-likeness (QED) is 0.709. The lowest BCUT2D eigenvalue weighted by molar-refractivity contribution is -0.0394. The van der Waals surface area contributed by atoms with Crippen LogP contribution in [0.2, 0.25) is 0 Å². The van der Waals surface area contributed by atoms with Gasteiger partial charge < -0.3 is 19.3 Å². The van der Waals surface area contributed by atoms with Gasteiger partial charge in [-0.15, -0.1) is 0 Å². The summed E-state index contributed by atoms with van der Waals surface area (Å²) in [5.74, 6) is -0.207. The van der Waals surface area contributed by atoms with Gasteiger partial charge in [0, 0.05) is 13.1 Å². The molecule has 0 radical (unpaired) electrons. The van der Waals surface area contributed by atoms with Crippen LogP contribution in [0, 0.1) is 0 Å². The van der Waals surface area contributed by atoms with E-state index in [1.54, 1.807) is 17.3 Å². The molecule has 8 nitrogen and oxygen atoms in total. The molecule has 0 saturated carbocycles. The number of β-amino-alcohol motifs (C(OH)–C–C–N with tert-alkyl or cyclic N) is 1. The van der Waals surface area contributed by atoms with Gasteiger partial charge in [0.05, 0.1) is 41.8 Å². The van der Waals surface area contributed by atoms with Crippen LogP contribution < -0.4 is 0 Å². The molecule has 2 atom stereocenters. The Bertz CT molecular complexity index is 948. The van der Waals surface area contributed by atoms with Crippen LogP contribution >= 0.6 is 0 Å². The van der Waals surface area contributed by atoms with E-state index in [9.17, 15) is 9.90 Å². The average molecular weight is 369 g/mol. The maximum atomic E-state index is 12.7. The topological polar surface area (TPSA) is 96.3 Å². The van der Waals surface area contributed by atoms with E-state index in [0.717, 1.165) is 16.7 Å². The van der Waals surface area contributed by atoms with Gasteiger partial charge in [-0.05, 0) is 32.0 Å². The van der Waals surface area contributed by atoms with Crippen molar-refractivity contribution in [1.29, 1.82) is 0 Å². The Labute approximate surface area is 156 Å². The van der Waals surface area contributed by atoms with Crippen molar-refractivity contribution < 1.29 is 14.6 Å². The lowest BCUT2D eigenvalue weighted by Gasteiger charge is -2.17. The van der Waals surface area contributed by atoms with Crippen molar-refractivity contribution in [3.05, 3.63) is 48.0 Å². The predicted molar refractivity (Wildman–Crippen MR) is 99.3 cm³/mol. The number of carbonyl (C=O) groups is 1. The molecule has 0 bridgehead atoms. The Balaban J connectivity index is 1.45. The fourth-order valence-corrected chi connectivity index (χ4v) is 3.44. The molecule has 1 aliphatic heterocycles. The molecule has 2 aromatic heterocycles. The number of aromatic amines is 1. The van der Waals surface area contributed by atoms with E-state index in [4.69, 9.17) is 4.74 Å². The van der Waals surface area contributed by atoms with Gasteiger partial charge in [0.25, 0.3) is 5.91 Å². The monoisotopic (exact) mass is 369 g/mol. The highest BCUT2D eigenvalue weighted by Crippen LogP contribution is 2.18. The lowest BCUT2D eigenvalue weighted by Crippen LogP contribution is -2.31. The van der Waals surface area contributed by atoms with Crippen molar-refractivity contribution in [3.8, 4) is 0 Å². The predicted octanol–water partition coefficient (Wildman–Crippen LogP) is 1.42. The molecule has 2 N–H and O–H groups in total. The van der Waals surface area contributed by atoms with Crippen LogP contribution in [0.5, 0.6) is 0 Å². The zero-order valence-corrected chi connectivity index (χ0v) is 15.4. The van der Waals surface area contributed by atoms with Crippen LogP contribution in [-0.2, 0) is 11.3 Å². The van der Waals surface area contributed by atoms with E-state index >= 15 is 0 Å². The number of ether oxygens (including phenoxy) is 1. The summed E-state index contributed by atoms with van der Waals surface area (Å²) < 4.78 is 7.68. The van der Waals surface area contributed by atoms with Crippen molar-refractivity contribution in [2.75, 3.05) is 13.1 Å². The summed E-state index contributed by atoms with van der Waals surface area (Å²) in [5.41, 5.74) is 3.11. The number of imidazole rings is 1. The third-order valence-electron chi connectivity index (χ3n) is 4.69. The number of benzene rings is 1. The Hall–Kier alpha value is -2.71. The van der Waals surface area contributed by atoms with E-state index < -0.39 is 6.10 Å². The number of carbonyl (C=O) groups excluding carboxylic acids is 1. The average Bonchev–Trinajstić information content (AvgIpc) is 3.35. The van der Waals surface area contributed by atoms with Gasteiger partial charge in [0.1, 0.15) is 11.8 Å². The minimum atomic E-state index is -0.674. The van der Waals surface area contributed by atoms with E-state index in [2.05, 4.69) is 15.2 Å². The molecule has 1 aliphatic rings. The van der Waals surface area contributed by atoms with Crippen LogP contribution in [0.15, 0.2) is 36.7 Å². The molecular formula is C19H23N5O3. The molecule has 0 aliphatic carbocycles. The molecule has 3 aromatic rings. The van der Waals surface area contributed by atoms with Crippen LogP contribution in [-0.4, -0.2) is 67.1 Å². The van der Waals surface area contributed by atoms with E-state index in [1.807, 2.05) is 42.7 Å². The number of aliphatic hydroxyl groups excluding tert-OH is 1. The van der Waals surface area contributed by atoms with Gasteiger partial charge in [-0.25, -0.2) is 4.98 Å². The largest absolute Gasteiger partial charge is 0.388 e. The molecule has 27 heavy (non-hydrogen) atoms. The Morgan fingerprint density at radius 2 is 2.19 bits per heavy atom. The highest BCUT2D eigenvalue weighted by Gasteiger charge is 2.36. The molecule has 142 valence electrons. The molecule has 1 amide bonds. The van der Waals surface area contributed by atoms with Crippen molar-refractivity contribution in [1.82, 2.24) is 24.6 Å². The number of amides is 1. The van der Waals surface area contributed by atoms with Gasteiger partial charge in [0.2, 0.25) is 0 Å². The molecule has 8 heteroatoms. The summed E-state index contributed by atoms with van der Waals surface area (Å²) in [4.78, 5) is 18.7. The third-order valence-corrected chi connectivity index (χ3v) is 4.69. The van der Waals surface area contributed by atoms with Gasteiger partial charge in [-0.3, -0.25) is 9.89 Å². The second kappa shape index (κ2) is 7.13. The van der Waals surface area contributed by atoms with Gasteiger partial charge >= 0.3 is 0 Å². The number of H-pyrrole nitrogens is 1. The van der Waals surface area contributed by atoms with Crippen molar-refractivity contribution in [2.45, 2.75) is 38.7 Å². The number of hydrogen-bond acceptors (Lipinski definition) is 5. The van der Waals surface area contributed by atoms with Crippen LogP contribution in [0.1, 0.15) is 30.0 Å². The minimum absolute atomic E-state index is 0.00157. The van der Waals surface area contributed by atoms with Gasteiger partial charge in [-0.2, -0.15) is 5.10 Å². The zero-order chi connectivity index (χ0) is 19.0. The second-order valence-electron chi connectivity index (χ2n) is 7.14. The fraction of sp³-hybridized carbons (Fsp3) is 0.421. The number of fused-ring (bicyclic) bond motifs is 1. The summed E-state index contributed by atoms with van der Waals surface area (Å²) in [5, 5.41) is 17.2. The van der Waals surface area contributed by atoms with E-state index in [-0.39, 0.29) is 24.7 Å². The number of aliphatic hydroxyl groups is 1. The van der Waals surface area contributed by atoms with E-state index in [1.165, 1.54) is 0 Å². The number of hydrogen-bond donors (Lipinski definition) is 2. The molecular weight excluding hydrogens is 346 g/mol. The number of aromatic nitrogens is 4. The Morgan fingerprint density at radius 3 is 3.00 bits per heavy atom. The number of para-hydroxylation sites is 2. The first kappa shape index (κ1) is 17.7. The highest BCUT2D eigenvalue weighted by atomic mass is 16.5. The SMILES string of the molecule is CC(C)O[C@H]1CN(C(=O)c2cc(Cn3cnc4ccccc43)[nH]n2)C[C@@H]1O. The molecule has 4 rings (SSSR count).